The van der Waals surface area contributed by atoms with E-state index in [9.17, 15) is 4.39 Å². The third kappa shape index (κ3) is 2.99. The molecule has 0 bridgehead atoms. The standard InChI is InChI=1S/C16H16ClFN2/c1-9-4-11(3)20-8-12(9)5-10(2)13-6-16(19)15(18)7-14(13)17/h4-8H,19H2,1-3H3/b10-5+. The van der Waals surface area contributed by atoms with Gasteiger partial charge < -0.3 is 5.73 Å². The molecule has 20 heavy (non-hydrogen) atoms. The number of pyridine rings is 1. The SMILES string of the molecule is C/C(=C\c1cnc(C)cc1C)c1cc(N)c(F)cc1Cl. The third-order valence-electron chi connectivity index (χ3n) is 3.17. The molecule has 2 N–H and O–H groups in total. The van der Waals surface area contributed by atoms with Crippen molar-refractivity contribution >= 4 is 28.9 Å². The summed E-state index contributed by atoms with van der Waals surface area (Å²) in [6.07, 6.45) is 3.79. The molecular formula is C16H16ClFN2. The van der Waals surface area contributed by atoms with Gasteiger partial charge in [0.2, 0.25) is 0 Å². The lowest BCUT2D eigenvalue weighted by molar-refractivity contribution is 0.632. The van der Waals surface area contributed by atoms with Crippen LogP contribution in [0.2, 0.25) is 5.02 Å². The van der Waals surface area contributed by atoms with E-state index in [2.05, 4.69) is 4.98 Å². The number of hydrogen-bond acceptors (Lipinski definition) is 2. The van der Waals surface area contributed by atoms with Crippen LogP contribution < -0.4 is 5.73 Å². The molecule has 1 heterocycles. The Bertz CT molecular complexity index is 693. The zero-order valence-corrected chi connectivity index (χ0v) is 12.4. The molecular weight excluding hydrogens is 275 g/mol. The van der Waals surface area contributed by atoms with Crippen molar-refractivity contribution in [3.63, 3.8) is 0 Å². The van der Waals surface area contributed by atoms with E-state index in [1.165, 1.54) is 6.07 Å². The highest BCUT2D eigenvalue weighted by molar-refractivity contribution is 6.32. The first-order valence-corrected chi connectivity index (χ1v) is 6.62. The molecule has 0 amide bonds. The van der Waals surface area contributed by atoms with Gasteiger partial charge in [-0.05, 0) is 67.3 Å². The Morgan fingerprint density at radius 3 is 2.65 bits per heavy atom. The highest BCUT2D eigenvalue weighted by atomic mass is 35.5. The van der Waals surface area contributed by atoms with Crippen molar-refractivity contribution < 1.29 is 4.39 Å². The Morgan fingerprint density at radius 2 is 2.00 bits per heavy atom. The summed E-state index contributed by atoms with van der Waals surface area (Å²) in [6, 6.07) is 4.81. The lowest BCUT2D eigenvalue weighted by Gasteiger charge is -2.08. The van der Waals surface area contributed by atoms with E-state index in [-0.39, 0.29) is 5.69 Å². The zero-order valence-electron chi connectivity index (χ0n) is 11.7. The molecule has 0 aliphatic heterocycles. The van der Waals surface area contributed by atoms with Crippen LogP contribution in [0.1, 0.15) is 29.3 Å². The normalized spacial score (nSPS) is 11.8. The molecule has 1 aromatic carbocycles. The van der Waals surface area contributed by atoms with E-state index < -0.39 is 5.82 Å². The van der Waals surface area contributed by atoms with E-state index in [0.717, 1.165) is 28.0 Å². The van der Waals surface area contributed by atoms with E-state index in [1.54, 1.807) is 6.07 Å². The predicted octanol–water partition coefficient (Wildman–Crippen LogP) is 4.63. The molecule has 0 saturated carbocycles. The summed E-state index contributed by atoms with van der Waals surface area (Å²) < 4.78 is 13.3. The number of aryl methyl sites for hydroxylation is 2. The fraction of sp³-hybridized carbons (Fsp3) is 0.188. The van der Waals surface area contributed by atoms with Gasteiger partial charge in [-0.25, -0.2) is 4.39 Å². The Kier molecular flexibility index (Phi) is 4.09. The van der Waals surface area contributed by atoms with Crippen LogP contribution in [0.3, 0.4) is 0 Å². The average Bonchev–Trinajstić information content (AvgIpc) is 2.37. The van der Waals surface area contributed by atoms with E-state index in [0.29, 0.717) is 5.02 Å². The smallest absolute Gasteiger partial charge is 0.147 e. The van der Waals surface area contributed by atoms with E-state index in [1.807, 2.05) is 39.1 Å². The molecule has 2 aromatic rings. The summed E-state index contributed by atoms with van der Waals surface area (Å²) in [4.78, 5) is 4.28. The van der Waals surface area contributed by atoms with Gasteiger partial charge in [0.1, 0.15) is 5.82 Å². The van der Waals surface area contributed by atoms with Crippen LogP contribution in [0.15, 0.2) is 24.4 Å². The van der Waals surface area contributed by atoms with Gasteiger partial charge in [-0.15, -0.1) is 0 Å². The fourth-order valence-electron chi connectivity index (χ4n) is 2.04. The van der Waals surface area contributed by atoms with Gasteiger partial charge in [0.25, 0.3) is 0 Å². The number of rotatable bonds is 2. The molecule has 0 radical (unpaired) electrons. The lowest BCUT2D eigenvalue weighted by Crippen LogP contribution is -1.94. The quantitative estimate of drug-likeness (QED) is 0.819. The van der Waals surface area contributed by atoms with Gasteiger partial charge in [-0.2, -0.15) is 0 Å². The summed E-state index contributed by atoms with van der Waals surface area (Å²) in [5, 5.41) is 0.350. The second-order valence-electron chi connectivity index (χ2n) is 4.86. The molecule has 0 aliphatic carbocycles. The minimum atomic E-state index is -0.500. The molecule has 0 fully saturated rings. The van der Waals surface area contributed by atoms with Gasteiger partial charge in [0.05, 0.1) is 10.7 Å². The number of nitrogen functional groups attached to an aromatic ring is 1. The molecule has 0 aliphatic rings. The van der Waals surface area contributed by atoms with Gasteiger partial charge >= 0.3 is 0 Å². The van der Waals surface area contributed by atoms with E-state index in [4.69, 9.17) is 17.3 Å². The van der Waals surface area contributed by atoms with Gasteiger partial charge in [0, 0.05) is 11.9 Å². The van der Waals surface area contributed by atoms with Crippen LogP contribution in [0.25, 0.3) is 11.6 Å². The van der Waals surface area contributed by atoms with E-state index >= 15 is 0 Å². The topological polar surface area (TPSA) is 38.9 Å². The van der Waals surface area contributed by atoms with Crippen molar-refractivity contribution in [3.05, 3.63) is 57.6 Å². The first-order valence-electron chi connectivity index (χ1n) is 6.25. The van der Waals surface area contributed by atoms with Crippen molar-refractivity contribution in [2.45, 2.75) is 20.8 Å². The molecule has 104 valence electrons. The summed E-state index contributed by atoms with van der Waals surface area (Å²) in [7, 11) is 0. The Morgan fingerprint density at radius 1 is 1.30 bits per heavy atom. The van der Waals surface area contributed by atoms with Crippen LogP contribution in [0, 0.1) is 19.7 Å². The number of halogens is 2. The predicted molar refractivity (Wildman–Crippen MR) is 83.1 cm³/mol. The highest BCUT2D eigenvalue weighted by Crippen LogP contribution is 2.29. The van der Waals surface area contributed by atoms with Crippen molar-refractivity contribution in [1.29, 1.82) is 0 Å². The minimum absolute atomic E-state index is 0.0934. The van der Waals surface area contributed by atoms with Crippen molar-refractivity contribution in [1.82, 2.24) is 4.98 Å². The van der Waals surface area contributed by atoms with Crippen molar-refractivity contribution in [2.24, 2.45) is 0 Å². The number of allylic oxidation sites excluding steroid dienone is 1. The maximum absolute atomic E-state index is 13.3. The summed E-state index contributed by atoms with van der Waals surface area (Å²) in [5.41, 5.74) is 10.4. The summed E-state index contributed by atoms with van der Waals surface area (Å²) >= 11 is 6.08. The number of aromatic nitrogens is 1. The first kappa shape index (κ1) is 14.5. The van der Waals surface area contributed by atoms with Crippen molar-refractivity contribution in [2.75, 3.05) is 5.73 Å². The number of anilines is 1. The molecule has 2 rings (SSSR count). The van der Waals surface area contributed by atoms with Crippen LogP contribution in [-0.4, -0.2) is 4.98 Å². The van der Waals surface area contributed by atoms with Crippen LogP contribution >= 0.6 is 11.6 Å². The maximum atomic E-state index is 13.3. The monoisotopic (exact) mass is 290 g/mol. The average molecular weight is 291 g/mol. The van der Waals surface area contributed by atoms with Crippen LogP contribution in [-0.2, 0) is 0 Å². The summed E-state index contributed by atoms with van der Waals surface area (Å²) in [5.74, 6) is -0.500. The molecule has 4 heteroatoms. The highest BCUT2D eigenvalue weighted by Gasteiger charge is 2.08. The zero-order chi connectivity index (χ0) is 14.9. The van der Waals surface area contributed by atoms with Crippen LogP contribution in [0.5, 0.6) is 0 Å². The first-order chi connectivity index (χ1) is 9.38. The second kappa shape index (κ2) is 5.63. The number of nitrogens with zero attached hydrogens (tertiary/aromatic N) is 1. The van der Waals surface area contributed by atoms with Crippen molar-refractivity contribution in [3.8, 4) is 0 Å². The fourth-order valence-corrected chi connectivity index (χ4v) is 2.34. The second-order valence-corrected chi connectivity index (χ2v) is 5.27. The van der Waals surface area contributed by atoms with Gasteiger partial charge in [-0.3, -0.25) is 4.98 Å². The third-order valence-corrected chi connectivity index (χ3v) is 3.48. The van der Waals surface area contributed by atoms with Gasteiger partial charge in [-0.1, -0.05) is 11.6 Å². The number of hydrogen-bond donors (Lipinski definition) is 1. The molecule has 0 spiro atoms. The lowest BCUT2D eigenvalue weighted by atomic mass is 10.0. The number of nitrogens with two attached hydrogens (primary N) is 1. The number of benzene rings is 1. The Hall–Kier alpha value is -1.87. The molecule has 2 nitrogen and oxygen atoms in total. The largest absolute Gasteiger partial charge is 0.396 e. The maximum Gasteiger partial charge on any atom is 0.147 e. The Balaban J connectivity index is 2.47. The molecule has 1 aromatic heterocycles. The Labute approximate surface area is 123 Å². The van der Waals surface area contributed by atoms with Gasteiger partial charge in [0.15, 0.2) is 0 Å². The van der Waals surface area contributed by atoms with Crippen LogP contribution in [0.4, 0.5) is 10.1 Å². The minimum Gasteiger partial charge on any atom is -0.396 e. The molecule has 0 unspecified atom stereocenters. The molecule has 0 atom stereocenters. The summed E-state index contributed by atoms with van der Waals surface area (Å²) in [6.45, 7) is 5.89. The molecule has 0 saturated heterocycles.